The first-order valence-corrected chi connectivity index (χ1v) is 11.1. The number of aliphatic hydroxyl groups is 1. The standard InChI is InChI=1S/C26H36N2O3/c1-19(2)17-26(31,18-20(3)4)23(25(30)28-22-13-9-6-10-14-22)15-16-24(29)27-21-11-7-5-8-12-21/h5-14,19-20,23,31H,15-18H2,1-4H3,(H,27,29)(H,28,30)/t23-/m1/s1. The summed E-state index contributed by atoms with van der Waals surface area (Å²) >= 11 is 0. The second kappa shape index (κ2) is 11.7. The van der Waals surface area contributed by atoms with E-state index in [1.165, 1.54) is 0 Å². The summed E-state index contributed by atoms with van der Waals surface area (Å²) in [6.07, 6.45) is 1.42. The molecule has 0 fully saturated rings. The fraction of sp³-hybridized carbons (Fsp3) is 0.462. The lowest BCUT2D eigenvalue weighted by molar-refractivity contribution is -0.133. The van der Waals surface area contributed by atoms with Gasteiger partial charge in [0.15, 0.2) is 0 Å². The summed E-state index contributed by atoms with van der Waals surface area (Å²) in [6.45, 7) is 8.16. The molecule has 5 nitrogen and oxygen atoms in total. The maximum atomic E-state index is 13.3. The van der Waals surface area contributed by atoms with E-state index < -0.39 is 11.5 Å². The molecule has 3 N–H and O–H groups in total. The van der Waals surface area contributed by atoms with Crippen LogP contribution in [0.3, 0.4) is 0 Å². The molecule has 0 heterocycles. The molecule has 31 heavy (non-hydrogen) atoms. The lowest BCUT2D eigenvalue weighted by Crippen LogP contribution is -2.47. The second-order valence-corrected chi connectivity index (χ2v) is 9.16. The summed E-state index contributed by atoms with van der Waals surface area (Å²) in [6, 6.07) is 18.5. The number of anilines is 2. The van der Waals surface area contributed by atoms with Gasteiger partial charge in [-0.25, -0.2) is 0 Å². The normalized spacial score (nSPS) is 12.6. The van der Waals surface area contributed by atoms with Crippen LogP contribution in [0.2, 0.25) is 0 Å². The summed E-state index contributed by atoms with van der Waals surface area (Å²) in [5, 5.41) is 17.5. The summed E-state index contributed by atoms with van der Waals surface area (Å²) in [5.41, 5.74) is 0.217. The number of carbonyl (C=O) groups excluding carboxylic acids is 2. The van der Waals surface area contributed by atoms with Crippen LogP contribution in [0.1, 0.15) is 53.4 Å². The van der Waals surface area contributed by atoms with Crippen LogP contribution in [0.4, 0.5) is 11.4 Å². The molecule has 0 bridgehead atoms. The quantitative estimate of drug-likeness (QED) is 0.447. The molecule has 0 aliphatic carbocycles. The number of hydrogen-bond acceptors (Lipinski definition) is 3. The minimum Gasteiger partial charge on any atom is -0.389 e. The van der Waals surface area contributed by atoms with Crippen molar-refractivity contribution in [1.29, 1.82) is 0 Å². The minimum absolute atomic E-state index is 0.153. The Morgan fingerprint density at radius 2 is 1.26 bits per heavy atom. The molecule has 2 rings (SSSR count). The number of amides is 2. The Hall–Kier alpha value is -2.66. The third-order valence-corrected chi connectivity index (χ3v) is 5.25. The zero-order valence-electron chi connectivity index (χ0n) is 19.1. The van der Waals surface area contributed by atoms with Gasteiger partial charge in [0.25, 0.3) is 0 Å². The van der Waals surface area contributed by atoms with Crippen LogP contribution in [0.15, 0.2) is 60.7 Å². The van der Waals surface area contributed by atoms with Gasteiger partial charge in [0, 0.05) is 17.8 Å². The topological polar surface area (TPSA) is 78.4 Å². The average Bonchev–Trinajstić information content (AvgIpc) is 2.68. The number of hydrogen-bond donors (Lipinski definition) is 3. The summed E-state index contributed by atoms with van der Waals surface area (Å²) in [7, 11) is 0. The van der Waals surface area contributed by atoms with Crippen LogP contribution in [0.25, 0.3) is 0 Å². The molecule has 5 heteroatoms. The van der Waals surface area contributed by atoms with Gasteiger partial charge in [-0.15, -0.1) is 0 Å². The molecule has 2 aromatic carbocycles. The van der Waals surface area contributed by atoms with Gasteiger partial charge in [-0.05, 0) is 55.4 Å². The second-order valence-electron chi connectivity index (χ2n) is 9.16. The highest BCUT2D eigenvalue weighted by Gasteiger charge is 2.42. The van der Waals surface area contributed by atoms with E-state index in [0.29, 0.717) is 18.5 Å². The third-order valence-electron chi connectivity index (χ3n) is 5.25. The Balaban J connectivity index is 2.20. The first kappa shape index (κ1) is 24.6. The monoisotopic (exact) mass is 424 g/mol. The fourth-order valence-corrected chi connectivity index (χ4v) is 4.20. The van der Waals surface area contributed by atoms with E-state index in [1.54, 1.807) is 0 Å². The van der Waals surface area contributed by atoms with Gasteiger partial charge in [-0.2, -0.15) is 0 Å². The van der Waals surface area contributed by atoms with Crippen LogP contribution in [-0.4, -0.2) is 22.5 Å². The highest BCUT2D eigenvalue weighted by atomic mass is 16.3. The molecule has 2 amide bonds. The number of rotatable bonds is 11. The van der Waals surface area contributed by atoms with E-state index in [2.05, 4.69) is 10.6 Å². The number of para-hydroxylation sites is 2. The van der Waals surface area contributed by atoms with Crippen molar-refractivity contribution in [3.8, 4) is 0 Å². The Kier molecular flexibility index (Phi) is 9.25. The zero-order chi connectivity index (χ0) is 22.9. The van der Waals surface area contributed by atoms with Crippen molar-refractivity contribution in [2.45, 2.75) is 59.0 Å². The first-order chi connectivity index (χ1) is 14.7. The maximum absolute atomic E-state index is 13.3. The van der Waals surface area contributed by atoms with Crippen LogP contribution in [0.5, 0.6) is 0 Å². The van der Waals surface area contributed by atoms with Crippen molar-refractivity contribution in [2.75, 3.05) is 10.6 Å². The lowest BCUT2D eigenvalue weighted by Gasteiger charge is -2.38. The Labute approximate surface area is 186 Å². The maximum Gasteiger partial charge on any atom is 0.230 e. The molecule has 0 saturated heterocycles. The van der Waals surface area contributed by atoms with Gasteiger partial charge in [0.05, 0.1) is 11.5 Å². The van der Waals surface area contributed by atoms with E-state index >= 15 is 0 Å². The molecule has 0 aromatic heterocycles. The molecule has 0 saturated carbocycles. The molecule has 2 aromatic rings. The third kappa shape index (κ3) is 8.18. The van der Waals surface area contributed by atoms with Gasteiger partial charge in [0.1, 0.15) is 0 Å². The van der Waals surface area contributed by atoms with Crippen LogP contribution in [-0.2, 0) is 9.59 Å². The molecular formula is C26H36N2O3. The molecule has 0 radical (unpaired) electrons. The van der Waals surface area contributed by atoms with Crippen molar-refractivity contribution in [3.63, 3.8) is 0 Å². The zero-order valence-corrected chi connectivity index (χ0v) is 19.1. The molecule has 0 aliphatic heterocycles. The highest BCUT2D eigenvalue weighted by Crippen LogP contribution is 2.36. The van der Waals surface area contributed by atoms with Crippen LogP contribution >= 0.6 is 0 Å². The van der Waals surface area contributed by atoms with Gasteiger partial charge in [-0.3, -0.25) is 9.59 Å². The summed E-state index contributed by atoms with van der Waals surface area (Å²) in [4.78, 5) is 25.8. The van der Waals surface area contributed by atoms with Gasteiger partial charge >= 0.3 is 0 Å². The predicted octanol–water partition coefficient (Wildman–Crippen LogP) is 5.48. The van der Waals surface area contributed by atoms with Crippen molar-refractivity contribution in [3.05, 3.63) is 60.7 Å². The average molecular weight is 425 g/mol. The smallest absolute Gasteiger partial charge is 0.230 e. The van der Waals surface area contributed by atoms with Crippen molar-refractivity contribution >= 4 is 23.2 Å². The fourth-order valence-electron chi connectivity index (χ4n) is 4.20. The summed E-state index contributed by atoms with van der Waals surface area (Å²) < 4.78 is 0. The number of benzene rings is 2. The van der Waals surface area contributed by atoms with Crippen molar-refractivity contribution < 1.29 is 14.7 Å². The SMILES string of the molecule is CC(C)CC(O)(CC(C)C)[C@H](CCC(=O)Nc1ccccc1)C(=O)Nc1ccccc1. The number of nitrogens with one attached hydrogen (secondary N) is 2. The van der Waals surface area contributed by atoms with E-state index in [9.17, 15) is 14.7 Å². The Bertz CT molecular complexity index is 809. The van der Waals surface area contributed by atoms with Crippen molar-refractivity contribution in [2.24, 2.45) is 17.8 Å². The molecule has 0 aliphatic rings. The number of carbonyl (C=O) groups is 2. The van der Waals surface area contributed by atoms with Crippen molar-refractivity contribution in [1.82, 2.24) is 0 Å². The van der Waals surface area contributed by atoms with E-state index in [4.69, 9.17) is 0 Å². The van der Waals surface area contributed by atoms with Gasteiger partial charge in [-0.1, -0.05) is 64.1 Å². The van der Waals surface area contributed by atoms with Gasteiger partial charge < -0.3 is 15.7 Å². The summed E-state index contributed by atoms with van der Waals surface area (Å²) in [5.74, 6) is -0.676. The largest absolute Gasteiger partial charge is 0.389 e. The van der Waals surface area contributed by atoms with E-state index in [0.717, 1.165) is 5.69 Å². The molecule has 0 unspecified atom stereocenters. The van der Waals surface area contributed by atoms with E-state index in [-0.39, 0.29) is 36.5 Å². The highest BCUT2D eigenvalue weighted by molar-refractivity contribution is 5.94. The van der Waals surface area contributed by atoms with Gasteiger partial charge in [0.2, 0.25) is 11.8 Å². The molecular weight excluding hydrogens is 388 g/mol. The minimum atomic E-state index is -1.19. The van der Waals surface area contributed by atoms with Crippen LogP contribution in [0, 0.1) is 17.8 Å². The van der Waals surface area contributed by atoms with Crippen LogP contribution < -0.4 is 10.6 Å². The lowest BCUT2D eigenvalue weighted by atomic mass is 9.73. The molecule has 0 spiro atoms. The molecule has 1 atom stereocenters. The Morgan fingerprint density at radius 1 is 0.806 bits per heavy atom. The predicted molar refractivity (Wildman–Crippen MR) is 127 cm³/mol. The first-order valence-electron chi connectivity index (χ1n) is 11.1. The molecule has 168 valence electrons. The van der Waals surface area contributed by atoms with E-state index in [1.807, 2.05) is 88.4 Å². The Morgan fingerprint density at radius 3 is 1.71 bits per heavy atom.